The smallest absolute Gasteiger partial charge is 0.0946 e. The maximum Gasteiger partial charge on any atom is 0.0946 e. The molecule has 1 spiro atoms. The molecule has 0 atom stereocenters. The standard InChI is InChI=1S/C32H33NO/c1-5-14-25(6-2)33(26-15-8-7-9-16-26)30-18-11-10-17-27(30)24-19-20-28-29(23-24)31(3,4)34-32(28)21-12-13-22-32/h5-11,14-20,23H,1-2,12-13,21-22H2,3-4H3/b25-14+. The van der Waals surface area contributed by atoms with E-state index in [0.29, 0.717) is 0 Å². The highest BCUT2D eigenvalue weighted by Gasteiger charge is 2.50. The van der Waals surface area contributed by atoms with Gasteiger partial charge in [-0.2, -0.15) is 0 Å². The summed E-state index contributed by atoms with van der Waals surface area (Å²) in [4.78, 5) is 2.25. The van der Waals surface area contributed by atoms with Gasteiger partial charge in [-0.1, -0.05) is 80.6 Å². The number of nitrogens with zero attached hydrogens (tertiary/aromatic N) is 1. The van der Waals surface area contributed by atoms with Crippen molar-refractivity contribution in [3.63, 3.8) is 0 Å². The first kappa shape index (κ1) is 22.4. The minimum absolute atomic E-state index is 0.102. The summed E-state index contributed by atoms with van der Waals surface area (Å²) in [7, 11) is 0. The van der Waals surface area contributed by atoms with Crippen molar-refractivity contribution in [1.82, 2.24) is 0 Å². The zero-order valence-corrected chi connectivity index (χ0v) is 20.3. The summed E-state index contributed by atoms with van der Waals surface area (Å²) >= 11 is 0. The Bertz CT molecular complexity index is 1250. The molecule has 34 heavy (non-hydrogen) atoms. The molecule has 1 fully saturated rings. The van der Waals surface area contributed by atoms with Crippen LogP contribution in [0.4, 0.5) is 11.4 Å². The third kappa shape index (κ3) is 3.73. The number of fused-ring (bicyclic) bond motifs is 2. The van der Waals surface area contributed by atoms with Crippen LogP contribution < -0.4 is 4.90 Å². The van der Waals surface area contributed by atoms with E-state index in [2.05, 4.69) is 98.6 Å². The monoisotopic (exact) mass is 447 g/mol. The van der Waals surface area contributed by atoms with Crippen molar-refractivity contribution < 1.29 is 4.74 Å². The number of ether oxygens (including phenoxy) is 1. The van der Waals surface area contributed by atoms with Crippen LogP contribution in [0.15, 0.2) is 110 Å². The first-order valence-electron chi connectivity index (χ1n) is 12.2. The summed E-state index contributed by atoms with van der Waals surface area (Å²) in [6.45, 7) is 12.4. The molecule has 3 aromatic carbocycles. The number of anilines is 2. The Hall–Kier alpha value is -3.36. The van der Waals surface area contributed by atoms with Gasteiger partial charge in [0.2, 0.25) is 0 Å². The van der Waals surface area contributed by atoms with Crippen LogP contribution in [-0.4, -0.2) is 0 Å². The highest BCUT2D eigenvalue weighted by Crippen LogP contribution is 2.55. The summed E-state index contributed by atoms with van der Waals surface area (Å²) in [5.74, 6) is 0. The Morgan fingerprint density at radius 2 is 1.59 bits per heavy atom. The Morgan fingerprint density at radius 3 is 2.29 bits per heavy atom. The van der Waals surface area contributed by atoms with E-state index in [4.69, 9.17) is 4.74 Å². The van der Waals surface area contributed by atoms with Crippen molar-refractivity contribution >= 4 is 11.4 Å². The van der Waals surface area contributed by atoms with Crippen LogP contribution in [0, 0.1) is 0 Å². The minimum Gasteiger partial charge on any atom is -0.360 e. The van der Waals surface area contributed by atoms with Gasteiger partial charge in [0.1, 0.15) is 0 Å². The largest absolute Gasteiger partial charge is 0.360 e. The van der Waals surface area contributed by atoms with Crippen LogP contribution in [0.25, 0.3) is 11.1 Å². The van der Waals surface area contributed by atoms with Crippen LogP contribution in [0.3, 0.4) is 0 Å². The number of hydrogen-bond donors (Lipinski definition) is 0. The van der Waals surface area contributed by atoms with E-state index in [0.717, 1.165) is 29.9 Å². The molecule has 1 saturated carbocycles. The molecule has 0 aromatic heterocycles. The SMILES string of the molecule is C=C/C=C(\C=C)N(c1ccccc1)c1ccccc1-c1ccc2c(c1)C(C)(C)OC21CCCC1. The first-order valence-corrected chi connectivity index (χ1v) is 12.2. The molecule has 1 aliphatic carbocycles. The zero-order valence-electron chi connectivity index (χ0n) is 20.3. The zero-order chi connectivity index (χ0) is 23.8. The normalized spacial score (nSPS) is 18.0. The Labute approximate surface area is 203 Å². The van der Waals surface area contributed by atoms with Gasteiger partial charge in [0.25, 0.3) is 0 Å². The summed E-state index contributed by atoms with van der Waals surface area (Å²) < 4.78 is 6.75. The number of allylic oxidation sites excluding steroid dienone is 3. The molecule has 2 nitrogen and oxygen atoms in total. The molecule has 3 aromatic rings. The molecule has 0 N–H and O–H groups in total. The maximum atomic E-state index is 6.75. The molecule has 1 heterocycles. The fourth-order valence-electron chi connectivity index (χ4n) is 5.79. The lowest BCUT2D eigenvalue weighted by molar-refractivity contribution is -0.122. The Kier molecular flexibility index (Phi) is 5.79. The summed E-state index contributed by atoms with van der Waals surface area (Å²) in [5.41, 5.74) is 7.84. The molecule has 0 unspecified atom stereocenters. The van der Waals surface area contributed by atoms with E-state index in [1.165, 1.54) is 35.1 Å². The fourth-order valence-corrected chi connectivity index (χ4v) is 5.79. The van der Waals surface area contributed by atoms with E-state index in [1.807, 2.05) is 24.3 Å². The lowest BCUT2D eigenvalue weighted by Crippen LogP contribution is -2.25. The second-order valence-corrected chi connectivity index (χ2v) is 9.79. The van der Waals surface area contributed by atoms with Crippen molar-refractivity contribution in [2.45, 2.75) is 50.7 Å². The summed E-state index contributed by atoms with van der Waals surface area (Å²) in [6.07, 6.45) is 10.4. The minimum atomic E-state index is -0.293. The predicted molar refractivity (Wildman–Crippen MR) is 143 cm³/mol. The molecule has 0 radical (unpaired) electrons. The topological polar surface area (TPSA) is 12.5 Å². The molecule has 0 saturated heterocycles. The van der Waals surface area contributed by atoms with Crippen molar-refractivity contribution in [2.24, 2.45) is 0 Å². The fraction of sp³-hybridized carbons (Fsp3) is 0.250. The predicted octanol–water partition coefficient (Wildman–Crippen LogP) is 8.78. The number of para-hydroxylation sites is 2. The van der Waals surface area contributed by atoms with Gasteiger partial charge >= 0.3 is 0 Å². The molecular weight excluding hydrogens is 414 g/mol. The maximum absolute atomic E-state index is 6.75. The molecule has 172 valence electrons. The van der Waals surface area contributed by atoms with Crippen molar-refractivity contribution in [2.75, 3.05) is 4.90 Å². The van der Waals surface area contributed by atoms with E-state index >= 15 is 0 Å². The van der Waals surface area contributed by atoms with Gasteiger partial charge in [-0.15, -0.1) is 0 Å². The van der Waals surface area contributed by atoms with Crippen molar-refractivity contribution in [1.29, 1.82) is 0 Å². The van der Waals surface area contributed by atoms with Crippen LogP contribution in [0.1, 0.15) is 50.7 Å². The number of rotatable bonds is 6. The van der Waals surface area contributed by atoms with Crippen molar-refractivity contribution in [3.8, 4) is 11.1 Å². The molecule has 0 bridgehead atoms. The second kappa shape index (κ2) is 8.77. The Morgan fingerprint density at radius 1 is 0.882 bits per heavy atom. The molecule has 5 rings (SSSR count). The van der Waals surface area contributed by atoms with E-state index in [9.17, 15) is 0 Å². The van der Waals surface area contributed by atoms with Crippen LogP contribution in [-0.2, 0) is 15.9 Å². The van der Waals surface area contributed by atoms with Gasteiger partial charge in [-0.05, 0) is 79.8 Å². The number of benzene rings is 3. The lowest BCUT2D eigenvalue weighted by atomic mass is 9.85. The van der Waals surface area contributed by atoms with Crippen molar-refractivity contribution in [3.05, 3.63) is 121 Å². The average molecular weight is 448 g/mol. The summed E-state index contributed by atoms with van der Waals surface area (Å²) in [6, 6.07) is 26.0. The second-order valence-electron chi connectivity index (χ2n) is 9.79. The molecule has 2 heteroatoms. The third-order valence-electron chi connectivity index (χ3n) is 7.25. The Balaban J connectivity index is 1.67. The van der Waals surface area contributed by atoms with E-state index in [-0.39, 0.29) is 11.2 Å². The highest BCUT2D eigenvalue weighted by atomic mass is 16.5. The summed E-state index contributed by atoms with van der Waals surface area (Å²) in [5, 5.41) is 0. The van der Waals surface area contributed by atoms with Gasteiger partial charge in [-0.3, -0.25) is 0 Å². The van der Waals surface area contributed by atoms with E-state index in [1.54, 1.807) is 0 Å². The number of hydrogen-bond acceptors (Lipinski definition) is 2. The lowest BCUT2D eigenvalue weighted by Gasteiger charge is -2.28. The van der Waals surface area contributed by atoms with Gasteiger partial charge in [0.05, 0.1) is 16.9 Å². The quantitative estimate of drug-likeness (QED) is 0.350. The van der Waals surface area contributed by atoms with Gasteiger partial charge in [0, 0.05) is 16.9 Å². The third-order valence-corrected chi connectivity index (χ3v) is 7.25. The van der Waals surface area contributed by atoms with Gasteiger partial charge < -0.3 is 9.64 Å². The van der Waals surface area contributed by atoms with E-state index < -0.39 is 0 Å². The average Bonchev–Trinajstić information content (AvgIpc) is 3.41. The van der Waals surface area contributed by atoms with Crippen LogP contribution in [0.5, 0.6) is 0 Å². The van der Waals surface area contributed by atoms with Crippen LogP contribution in [0.2, 0.25) is 0 Å². The molecule has 1 aliphatic heterocycles. The van der Waals surface area contributed by atoms with Gasteiger partial charge in [-0.25, -0.2) is 0 Å². The highest BCUT2D eigenvalue weighted by molar-refractivity contribution is 5.85. The first-order chi connectivity index (χ1) is 16.5. The molecule has 0 amide bonds. The molecule has 2 aliphatic rings. The molecular formula is C32H33NO. The van der Waals surface area contributed by atoms with Crippen LogP contribution >= 0.6 is 0 Å². The van der Waals surface area contributed by atoms with Gasteiger partial charge in [0.15, 0.2) is 0 Å².